The first kappa shape index (κ1) is 48.3. The first-order valence-corrected chi connectivity index (χ1v) is 27.9. The fraction of sp³-hybridized carbons (Fsp3) is 0.128. The van der Waals surface area contributed by atoms with Crippen LogP contribution in [0.2, 0.25) is 0 Å². The quantitative estimate of drug-likeness (QED) is 0.131. The van der Waals surface area contributed by atoms with Crippen molar-refractivity contribution in [3.63, 3.8) is 0 Å². The molecule has 0 fully saturated rings. The Morgan fingerprint density at radius 1 is 0.392 bits per heavy atom. The van der Waals surface area contributed by atoms with Crippen LogP contribution in [0.3, 0.4) is 0 Å². The van der Waals surface area contributed by atoms with Gasteiger partial charge in [-0.05, 0) is 161 Å². The second-order valence-corrected chi connectivity index (χ2v) is 23.4. The number of aryl methyl sites for hydroxylation is 1. The van der Waals surface area contributed by atoms with Gasteiger partial charge in [-0.25, -0.2) is 0 Å². The Morgan fingerprint density at radius 2 is 0.861 bits per heavy atom. The maximum atomic E-state index is 7.02. The Kier molecular flexibility index (Phi) is 11.0. The molecule has 0 saturated carbocycles. The highest BCUT2D eigenvalue weighted by atomic mass is 16.3. The maximum absolute atomic E-state index is 7.02. The second-order valence-electron chi connectivity index (χ2n) is 23.4. The largest absolute Gasteiger partial charge is 0.455 e. The number of furan rings is 1. The van der Waals surface area contributed by atoms with Crippen LogP contribution >= 0.6 is 0 Å². The molecule has 79 heavy (non-hydrogen) atoms. The van der Waals surface area contributed by atoms with Gasteiger partial charge in [-0.1, -0.05) is 258 Å². The predicted octanol–water partition coefficient (Wildman–Crippen LogP) is 21.1. The van der Waals surface area contributed by atoms with Crippen LogP contribution in [-0.4, -0.2) is 0 Å². The molecule has 1 atom stereocenters. The molecule has 0 bridgehead atoms. The minimum atomic E-state index is -0.529. The molecule has 14 rings (SSSR count). The van der Waals surface area contributed by atoms with Gasteiger partial charge in [0.25, 0.3) is 0 Å². The third-order valence-electron chi connectivity index (χ3n) is 18.3. The molecule has 0 amide bonds. The van der Waals surface area contributed by atoms with Crippen molar-refractivity contribution in [2.75, 3.05) is 0 Å². The van der Waals surface area contributed by atoms with Crippen LogP contribution in [0.1, 0.15) is 90.3 Å². The molecule has 1 heteroatoms. The van der Waals surface area contributed by atoms with Gasteiger partial charge in [-0.3, -0.25) is 0 Å². The van der Waals surface area contributed by atoms with E-state index in [9.17, 15) is 0 Å². The molecule has 12 aromatic rings. The zero-order chi connectivity index (χ0) is 54.0. The van der Waals surface area contributed by atoms with Gasteiger partial charge in [0.2, 0.25) is 0 Å². The van der Waals surface area contributed by atoms with E-state index in [1.165, 1.54) is 128 Å². The van der Waals surface area contributed by atoms with E-state index in [0.29, 0.717) is 0 Å². The average Bonchev–Trinajstić information content (AvgIpc) is 4.11. The molecule has 380 valence electrons. The number of benzene rings is 11. The summed E-state index contributed by atoms with van der Waals surface area (Å²) in [5.41, 5.74) is 30.7. The van der Waals surface area contributed by atoms with E-state index in [0.717, 1.165) is 27.7 Å². The summed E-state index contributed by atoms with van der Waals surface area (Å²) < 4.78 is 7.02. The number of fused-ring (bicyclic) bond motifs is 10. The normalized spacial score (nSPS) is 14.4. The van der Waals surface area contributed by atoms with Gasteiger partial charge in [-0.2, -0.15) is 0 Å². The standard InChI is InChI=1S/C78H62O/c1-9-50-24-16-17-31-58(50)71-49(3)64(59-32-20-18-29-56(59)51-25-12-10-13-26-51)46-68-72(71)61-42-40-54(44-66(61)76(68,4)5)78(8,53-38-36-48(2)37-39-53)55-41-43-62-67(45-55)77(6,7)69-47-65(60-33-21-19-30-57(60)52-27-14-11-15-28-52)75-74(73(62)69)63-34-22-23-35-70(63)79-75/h9-47H,1H2,2-8H3. The number of hydrogen-bond acceptors (Lipinski definition) is 1. The van der Waals surface area contributed by atoms with Gasteiger partial charge in [0.1, 0.15) is 11.2 Å². The molecular weight excluding hydrogens is 953 g/mol. The van der Waals surface area contributed by atoms with Crippen LogP contribution in [0.5, 0.6) is 0 Å². The molecule has 2 aliphatic carbocycles. The monoisotopic (exact) mass is 1010 g/mol. The minimum Gasteiger partial charge on any atom is -0.455 e. The Morgan fingerprint density at radius 3 is 1.46 bits per heavy atom. The van der Waals surface area contributed by atoms with Crippen LogP contribution in [0.15, 0.2) is 242 Å². The van der Waals surface area contributed by atoms with Crippen molar-refractivity contribution < 1.29 is 4.42 Å². The minimum absolute atomic E-state index is 0.339. The van der Waals surface area contributed by atoms with Gasteiger partial charge in [0, 0.05) is 32.6 Å². The van der Waals surface area contributed by atoms with E-state index in [2.05, 4.69) is 286 Å². The topological polar surface area (TPSA) is 13.1 Å². The molecule has 0 spiro atoms. The maximum Gasteiger partial charge on any atom is 0.143 e. The van der Waals surface area contributed by atoms with Crippen molar-refractivity contribution >= 4 is 28.0 Å². The third kappa shape index (κ3) is 7.22. The van der Waals surface area contributed by atoms with Crippen LogP contribution in [0, 0.1) is 13.8 Å². The predicted molar refractivity (Wildman–Crippen MR) is 334 cm³/mol. The highest BCUT2D eigenvalue weighted by Crippen LogP contribution is 2.59. The smallest absolute Gasteiger partial charge is 0.143 e. The van der Waals surface area contributed by atoms with Gasteiger partial charge in [0.15, 0.2) is 0 Å². The van der Waals surface area contributed by atoms with E-state index < -0.39 is 5.41 Å². The van der Waals surface area contributed by atoms with E-state index >= 15 is 0 Å². The van der Waals surface area contributed by atoms with Crippen molar-refractivity contribution in [3.05, 3.63) is 293 Å². The summed E-state index contributed by atoms with van der Waals surface area (Å²) in [6.07, 6.45) is 2.02. The zero-order valence-corrected chi connectivity index (χ0v) is 46.1. The van der Waals surface area contributed by atoms with Crippen molar-refractivity contribution in [2.24, 2.45) is 0 Å². The molecule has 11 aromatic carbocycles. The molecule has 0 N–H and O–H groups in total. The lowest BCUT2D eigenvalue weighted by atomic mass is 9.68. The van der Waals surface area contributed by atoms with Crippen LogP contribution in [-0.2, 0) is 16.2 Å². The van der Waals surface area contributed by atoms with Crippen LogP contribution in [0.25, 0.3) is 106 Å². The summed E-state index contributed by atoms with van der Waals surface area (Å²) in [6.45, 7) is 21.1. The summed E-state index contributed by atoms with van der Waals surface area (Å²) in [5, 5.41) is 2.33. The molecule has 0 radical (unpaired) electrons. The van der Waals surface area contributed by atoms with Gasteiger partial charge in [-0.15, -0.1) is 0 Å². The fourth-order valence-corrected chi connectivity index (χ4v) is 14.0. The Hall–Kier alpha value is -9.04. The highest BCUT2D eigenvalue weighted by molar-refractivity contribution is 6.19. The van der Waals surface area contributed by atoms with E-state index in [1.807, 2.05) is 6.08 Å². The molecule has 0 aliphatic heterocycles. The average molecular weight is 1020 g/mol. The summed E-state index contributed by atoms with van der Waals surface area (Å²) >= 11 is 0. The Labute approximate surface area is 465 Å². The van der Waals surface area contributed by atoms with Crippen molar-refractivity contribution in [1.82, 2.24) is 0 Å². The number of para-hydroxylation sites is 1. The SMILES string of the molecule is C=Cc1ccccc1-c1c(C)c(-c2ccccc2-c2ccccc2)cc2c1-c1ccc(C(C)(c3ccc(C)cc3)c3ccc4c(c3)C(C)(C)c3cc(-c5ccccc5-c5ccccc5)c5oc6ccccc6c5c3-4)cc1C2(C)C. The molecular formula is C78H62O. The van der Waals surface area contributed by atoms with E-state index in [-0.39, 0.29) is 10.8 Å². The van der Waals surface area contributed by atoms with Crippen LogP contribution < -0.4 is 0 Å². The fourth-order valence-electron chi connectivity index (χ4n) is 14.0. The summed E-state index contributed by atoms with van der Waals surface area (Å²) in [5.74, 6) is 0. The summed E-state index contributed by atoms with van der Waals surface area (Å²) in [6, 6.07) is 85.8. The zero-order valence-electron chi connectivity index (χ0n) is 46.1. The van der Waals surface area contributed by atoms with E-state index in [4.69, 9.17) is 4.42 Å². The lowest BCUT2D eigenvalue weighted by Gasteiger charge is -2.34. The lowest BCUT2D eigenvalue weighted by Crippen LogP contribution is -2.27. The van der Waals surface area contributed by atoms with Crippen LogP contribution in [0.4, 0.5) is 0 Å². The molecule has 1 nitrogen and oxygen atoms in total. The van der Waals surface area contributed by atoms with E-state index in [1.54, 1.807) is 0 Å². The van der Waals surface area contributed by atoms with Crippen molar-refractivity contribution in [3.8, 4) is 77.9 Å². The van der Waals surface area contributed by atoms with Crippen molar-refractivity contribution in [1.29, 1.82) is 0 Å². The Bertz CT molecular complexity index is 4450. The number of hydrogen-bond donors (Lipinski definition) is 0. The summed E-state index contributed by atoms with van der Waals surface area (Å²) in [7, 11) is 0. The van der Waals surface area contributed by atoms with Gasteiger partial charge in [0.05, 0.1) is 0 Å². The summed E-state index contributed by atoms with van der Waals surface area (Å²) in [4.78, 5) is 0. The molecule has 1 heterocycles. The van der Waals surface area contributed by atoms with Gasteiger partial charge < -0.3 is 4.42 Å². The first-order valence-electron chi connectivity index (χ1n) is 27.9. The van der Waals surface area contributed by atoms with Gasteiger partial charge >= 0.3 is 0 Å². The lowest BCUT2D eigenvalue weighted by molar-refractivity contribution is 0.640. The molecule has 1 unspecified atom stereocenters. The third-order valence-corrected chi connectivity index (χ3v) is 18.3. The van der Waals surface area contributed by atoms with Crippen molar-refractivity contribution in [2.45, 2.75) is 64.7 Å². The Balaban J connectivity index is 0.968. The number of rotatable bonds is 9. The first-order chi connectivity index (χ1) is 38.4. The molecule has 1 aromatic heterocycles. The molecule has 2 aliphatic rings. The molecule has 0 saturated heterocycles. The second kappa shape index (κ2) is 18.0. The highest BCUT2D eigenvalue weighted by Gasteiger charge is 2.44.